The van der Waals surface area contributed by atoms with Crippen LogP contribution in [0.1, 0.15) is 40.0 Å². The Morgan fingerprint density at radius 3 is 2.41 bits per heavy atom. The molecule has 2 aliphatic heterocycles. The van der Waals surface area contributed by atoms with Crippen LogP contribution in [0.15, 0.2) is 0 Å². The third-order valence-electron chi connectivity index (χ3n) is 3.43. The standard InChI is InChI=1S/C11H21NO3S.ClH/c1-10(2)8-15-11(3,12-10)7-9-5-4-6-16(9,13)14;/h9,12H,4-8H2,1-3H3;1H. The van der Waals surface area contributed by atoms with E-state index in [-0.39, 0.29) is 23.2 Å². The molecular formula is C11H22ClNO3S. The Kier molecular flexibility index (Phi) is 4.19. The average Bonchev–Trinajstić information content (AvgIpc) is 2.55. The second-order valence-electron chi connectivity index (χ2n) is 5.86. The first-order chi connectivity index (χ1) is 7.23. The summed E-state index contributed by atoms with van der Waals surface area (Å²) in [4.78, 5) is 0. The Balaban J connectivity index is 0.00000144. The monoisotopic (exact) mass is 283 g/mol. The fraction of sp³-hybridized carbons (Fsp3) is 1.00. The van der Waals surface area contributed by atoms with Crippen molar-refractivity contribution in [3.8, 4) is 0 Å². The van der Waals surface area contributed by atoms with Crippen molar-refractivity contribution >= 4 is 22.2 Å². The molecule has 0 bridgehead atoms. The number of sulfone groups is 1. The van der Waals surface area contributed by atoms with Crippen LogP contribution < -0.4 is 5.32 Å². The van der Waals surface area contributed by atoms with Gasteiger partial charge in [-0.05, 0) is 33.6 Å². The first-order valence-electron chi connectivity index (χ1n) is 5.87. The van der Waals surface area contributed by atoms with Gasteiger partial charge in [-0.2, -0.15) is 0 Å². The molecule has 0 aromatic carbocycles. The van der Waals surface area contributed by atoms with Gasteiger partial charge < -0.3 is 4.74 Å². The number of ether oxygens (including phenoxy) is 1. The van der Waals surface area contributed by atoms with E-state index in [1.165, 1.54) is 0 Å². The van der Waals surface area contributed by atoms with Crippen LogP contribution >= 0.6 is 12.4 Å². The van der Waals surface area contributed by atoms with Gasteiger partial charge in [0.05, 0.1) is 17.6 Å². The van der Waals surface area contributed by atoms with Crippen molar-refractivity contribution in [2.75, 3.05) is 12.4 Å². The Hall–Kier alpha value is 0.160. The minimum atomic E-state index is -2.87. The number of rotatable bonds is 2. The fourth-order valence-electron chi connectivity index (χ4n) is 2.76. The van der Waals surface area contributed by atoms with Gasteiger partial charge in [-0.1, -0.05) is 0 Å². The van der Waals surface area contributed by atoms with E-state index in [0.717, 1.165) is 12.8 Å². The van der Waals surface area contributed by atoms with Crippen LogP contribution in [0.25, 0.3) is 0 Å². The minimum absolute atomic E-state index is 0. The van der Waals surface area contributed by atoms with Gasteiger partial charge in [0.15, 0.2) is 9.84 Å². The van der Waals surface area contributed by atoms with E-state index in [0.29, 0.717) is 18.8 Å². The van der Waals surface area contributed by atoms with Crippen molar-refractivity contribution < 1.29 is 13.2 Å². The number of nitrogens with one attached hydrogen (secondary N) is 1. The molecule has 2 aliphatic rings. The van der Waals surface area contributed by atoms with E-state index in [2.05, 4.69) is 19.2 Å². The maximum atomic E-state index is 11.8. The quantitative estimate of drug-likeness (QED) is 0.834. The average molecular weight is 284 g/mol. The summed E-state index contributed by atoms with van der Waals surface area (Å²) in [6.07, 6.45) is 2.15. The number of halogens is 1. The third-order valence-corrected chi connectivity index (χ3v) is 5.71. The lowest BCUT2D eigenvalue weighted by atomic mass is 10.0. The largest absolute Gasteiger partial charge is 0.359 e. The molecule has 2 rings (SSSR count). The normalized spacial score (nSPS) is 38.9. The predicted octanol–water partition coefficient (Wildman–Crippen LogP) is 1.49. The van der Waals surface area contributed by atoms with E-state index < -0.39 is 15.6 Å². The molecule has 17 heavy (non-hydrogen) atoms. The Morgan fingerprint density at radius 2 is 2.00 bits per heavy atom. The molecule has 6 heteroatoms. The van der Waals surface area contributed by atoms with E-state index in [1.807, 2.05) is 6.92 Å². The zero-order valence-electron chi connectivity index (χ0n) is 10.7. The van der Waals surface area contributed by atoms with Gasteiger partial charge in [-0.3, -0.25) is 5.32 Å². The Morgan fingerprint density at radius 1 is 1.35 bits per heavy atom. The molecule has 0 saturated carbocycles. The summed E-state index contributed by atoms with van der Waals surface area (Å²) in [6, 6.07) is 0. The molecule has 4 nitrogen and oxygen atoms in total. The topological polar surface area (TPSA) is 55.4 Å². The molecule has 0 aromatic rings. The minimum Gasteiger partial charge on any atom is -0.359 e. The first-order valence-corrected chi connectivity index (χ1v) is 7.59. The van der Waals surface area contributed by atoms with Gasteiger partial charge in [0.25, 0.3) is 0 Å². The van der Waals surface area contributed by atoms with Crippen molar-refractivity contribution in [1.29, 1.82) is 0 Å². The SMILES string of the molecule is CC1(C)COC(C)(CC2CCCS2(=O)=O)N1.Cl. The van der Waals surface area contributed by atoms with Crippen molar-refractivity contribution in [2.45, 2.75) is 56.5 Å². The van der Waals surface area contributed by atoms with Crippen LogP contribution in [0, 0.1) is 0 Å². The number of hydrogen-bond donors (Lipinski definition) is 1. The highest BCUT2D eigenvalue weighted by Crippen LogP contribution is 2.32. The molecule has 2 fully saturated rings. The van der Waals surface area contributed by atoms with Crippen LogP contribution in [0.5, 0.6) is 0 Å². The Labute approximate surface area is 110 Å². The molecule has 2 unspecified atom stereocenters. The maximum Gasteiger partial charge on any atom is 0.153 e. The lowest BCUT2D eigenvalue weighted by Crippen LogP contribution is -2.48. The van der Waals surface area contributed by atoms with E-state index in [1.54, 1.807) is 0 Å². The maximum absolute atomic E-state index is 11.8. The van der Waals surface area contributed by atoms with Crippen LogP contribution in [-0.2, 0) is 14.6 Å². The summed E-state index contributed by atoms with van der Waals surface area (Å²) in [7, 11) is -2.87. The van der Waals surface area contributed by atoms with Gasteiger partial charge in [-0.15, -0.1) is 12.4 Å². The summed E-state index contributed by atoms with van der Waals surface area (Å²) in [5.41, 5.74) is -0.539. The highest BCUT2D eigenvalue weighted by atomic mass is 35.5. The van der Waals surface area contributed by atoms with Gasteiger partial charge in [0.1, 0.15) is 5.72 Å². The highest BCUT2D eigenvalue weighted by Gasteiger charge is 2.44. The summed E-state index contributed by atoms with van der Waals surface area (Å²) in [6.45, 7) is 6.73. The van der Waals surface area contributed by atoms with Crippen LogP contribution in [0.4, 0.5) is 0 Å². The summed E-state index contributed by atoms with van der Waals surface area (Å²) in [5, 5.41) is 3.16. The van der Waals surface area contributed by atoms with Crippen molar-refractivity contribution in [2.24, 2.45) is 0 Å². The molecule has 0 radical (unpaired) electrons. The van der Waals surface area contributed by atoms with Crippen LogP contribution in [-0.4, -0.2) is 37.3 Å². The van der Waals surface area contributed by atoms with E-state index in [9.17, 15) is 8.42 Å². The molecule has 2 atom stereocenters. The lowest BCUT2D eigenvalue weighted by Gasteiger charge is -2.28. The predicted molar refractivity (Wildman–Crippen MR) is 70.2 cm³/mol. The fourth-order valence-corrected chi connectivity index (χ4v) is 4.76. The summed E-state index contributed by atoms with van der Waals surface area (Å²) in [5.74, 6) is 0.344. The van der Waals surface area contributed by atoms with Crippen LogP contribution in [0.2, 0.25) is 0 Å². The highest BCUT2D eigenvalue weighted by molar-refractivity contribution is 7.92. The molecule has 2 heterocycles. The molecule has 1 N–H and O–H groups in total. The molecule has 2 saturated heterocycles. The van der Waals surface area contributed by atoms with Crippen molar-refractivity contribution in [3.05, 3.63) is 0 Å². The number of hydrogen-bond acceptors (Lipinski definition) is 4. The van der Waals surface area contributed by atoms with Crippen LogP contribution in [0.3, 0.4) is 0 Å². The summed E-state index contributed by atoms with van der Waals surface area (Å²) >= 11 is 0. The zero-order valence-corrected chi connectivity index (χ0v) is 12.3. The zero-order chi connectivity index (χ0) is 12.0. The lowest BCUT2D eigenvalue weighted by molar-refractivity contribution is -0.00146. The molecular weight excluding hydrogens is 262 g/mol. The first kappa shape index (κ1) is 15.2. The second kappa shape index (κ2) is 4.68. The van der Waals surface area contributed by atoms with Crippen molar-refractivity contribution in [1.82, 2.24) is 5.32 Å². The smallest absolute Gasteiger partial charge is 0.153 e. The van der Waals surface area contributed by atoms with Gasteiger partial charge in [0, 0.05) is 12.0 Å². The summed E-state index contributed by atoms with van der Waals surface area (Å²) < 4.78 is 29.3. The molecule has 0 aliphatic carbocycles. The van der Waals surface area contributed by atoms with Gasteiger partial charge in [-0.25, -0.2) is 8.42 Å². The molecule has 0 spiro atoms. The van der Waals surface area contributed by atoms with E-state index >= 15 is 0 Å². The van der Waals surface area contributed by atoms with E-state index in [4.69, 9.17) is 4.74 Å². The second-order valence-corrected chi connectivity index (χ2v) is 8.26. The van der Waals surface area contributed by atoms with Gasteiger partial charge >= 0.3 is 0 Å². The molecule has 102 valence electrons. The Bertz CT molecular complexity index is 382. The van der Waals surface area contributed by atoms with Gasteiger partial charge in [0.2, 0.25) is 0 Å². The third kappa shape index (κ3) is 3.34. The molecule has 0 aromatic heterocycles. The van der Waals surface area contributed by atoms with Crippen molar-refractivity contribution in [3.63, 3.8) is 0 Å². The molecule has 0 amide bonds.